The van der Waals surface area contributed by atoms with Crippen LogP contribution in [0.25, 0.3) is 0 Å². The third kappa shape index (κ3) is 4.27. The Hall–Kier alpha value is -1.41. The molecule has 2 aromatic rings. The van der Waals surface area contributed by atoms with Crippen molar-refractivity contribution in [2.45, 2.75) is 30.2 Å². The molecule has 1 saturated heterocycles. The van der Waals surface area contributed by atoms with Gasteiger partial charge in [-0.3, -0.25) is 4.79 Å². The first kappa shape index (κ1) is 21.3. The van der Waals surface area contributed by atoms with Crippen molar-refractivity contribution < 1.29 is 13.2 Å². The van der Waals surface area contributed by atoms with Gasteiger partial charge < -0.3 is 4.90 Å². The van der Waals surface area contributed by atoms with Crippen LogP contribution in [0.4, 0.5) is 0 Å². The molecular weight excluding hydrogens is 464 g/mol. The third-order valence-corrected chi connectivity index (χ3v) is 8.17. The van der Waals surface area contributed by atoms with E-state index >= 15 is 0 Å². The molecule has 0 bridgehead atoms. The molecule has 28 heavy (non-hydrogen) atoms. The predicted octanol–water partition coefficient (Wildman–Crippen LogP) is 4.20. The van der Waals surface area contributed by atoms with E-state index in [4.69, 9.17) is 11.6 Å². The van der Waals surface area contributed by atoms with Crippen LogP contribution in [0.3, 0.4) is 0 Å². The molecule has 0 aliphatic carbocycles. The smallest absolute Gasteiger partial charge is 0.254 e. The van der Waals surface area contributed by atoms with Gasteiger partial charge in [0.1, 0.15) is 0 Å². The van der Waals surface area contributed by atoms with Gasteiger partial charge in [0.15, 0.2) is 0 Å². The number of carbonyl (C=O) groups is 1. The monoisotopic (exact) mass is 484 g/mol. The molecule has 1 aliphatic rings. The van der Waals surface area contributed by atoms with E-state index in [2.05, 4.69) is 15.9 Å². The quantitative estimate of drug-likeness (QED) is 0.638. The standard InChI is InChI=1S/C20H22BrClN2O3S/c1-23(2)28(26,27)19-13-15(9-10-17(19)21)20(25)24-11-5-7-16(24)12-14-6-3-4-8-18(14)22/h3-4,6,8-10,13,16H,5,7,11-12H2,1-2H3. The Morgan fingerprint density at radius 3 is 2.64 bits per heavy atom. The van der Waals surface area contributed by atoms with Gasteiger partial charge >= 0.3 is 0 Å². The maximum atomic E-state index is 13.2. The van der Waals surface area contributed by atoms with Gasteiger partial charge in [0.2, 0.25) is 10.0 Å². The van der Waals surface area contributed by atoms with Crippen molar-refractivity contribution >= 4 is 43.5 Å². The van der Waals surface area contributed by atoms with Crippen LogP contribution in [0.2, 0.25) is 5.02 Å². The number of nitrogens with zero attached hydrogens (tertiary/aromatic N) is 2. The third-order valence-electron chi connectivity index (χ3n) is 4.99. The summed E-state index contributed by atoms with van der Waals surface area (Å²) >= 11 is 9.57. The fourth-order valence-electron chi connectivity index (χ4n) is 3.43. The van der Waals surface area contributed by atoms with Crippen LogP contribution in [0.15, 0.2) is 51.8 Å². The second-order valence-corrected chi connectivity index (χ2v) is 10.4. The van der Waals surface area contributed by atoms with Crippen LogP contribution in [-0.2, 0) is 16.4 Å². The summed E-state index contributed by atoms with van der Waals surface area (Å²) in [5.74, 6) is -0.155. The lowest BCUT2D eigenvalue weighted by molar-refractivity contribution is 0.0736. The lowest BCUT2D eigenvalue weighted by Crippen LogP contribution is -2.37. The Balaban J connectivity index is 1.88. The fraction of sp³-hybridized carbons (Fsp3) is 0.350. The average Bonchev–Trinajstić information content (AvgIpc) is 3.11. The summed E-state index contributed by atoms with van der Waals surface area (Å²) in [6.07, 6.45) is 2.50. The van der Waals surface area contributed by atoms with Crippen LogP contribution in [-0.4, -0.2) is 50.2 Å². The van der Waals surface area contributed by atoms with Crippen LogP contribution in [0.1, 0.15) is 28.8 Å². The molecule has 8 heteroatoms. The summed E-state index contributed by atoms with van der Waals surface area (Å²) in [6.45, 7) is 0.653. The van der Waals surface area contributed by atoms with Crippen molar-refractivity contribution in [3.05, 3.63) is 63.1 Å². The lowest BCUT2D eigenvalue weighted by atomic mass is 10.0. The molecule has 1 atom stereocenters. The summed E-state index contributed by atoms with van der Waals surface area (Å²) < 4.78 is 26.7. The zero-order valence-corrected chi connectivity index (χ0v) is 18.9. The Labute approximate surface area is 179 Å². The highest BCUT2D eigenvalue weighted by molar-refractivity contribution is 9.10. The highest BCUT2D eigenvalue weighted by Crippen LogP contribution is 2.29. The second-order valence-electron chi connectivity index (χ2n) is 7.02. The van der Waals surface area contributed by atoms with E-state index in [1.54, 1.807) is 12.1 Å². The van der Waals surface area contributed by atoms with Crippen LogP contribution < -0.4 is 0 Å². The molecule has 0 saturated carbocycles. The summed E-state index contributed by atoms with van der Waals surface area (Å²) in [6, 6.07) is 12.4. The Bertz CT molecular complexity index is 995. The number of carbonyl (C=O) groups excluding carboxylic acids is 1. The number of halogens is 2. The van der Waals surface area contributed by atoms with Gasteiger partial charge in [0.25, 0.3) is 5.91 Å². The van der Waals surface area contributed by atoms with Gasteiger partial charge in [-0.05, 0) is 65.0 Å². The van der Waals surface area contributed by atoms with E-state index in [0.29, 0.717) is 28.0 Å². The first-order chi connectivity index (χ1) is 13.2. The molecule has 0 spiro atoms. The van der Waals surface area contributed by atoms with Crippen LogP contribution >= 0.6 is 27.5 Å². The van der Waals surface area contributed by atoms with E-state index in [0.717, 1.165) is 22.7 Å². The number of likely N-dealkylation sites (tertiary alicyclic amines) is 1. The molecular formula is C20H22BrClN2O3S. The largest absolute Gasteiger partial charge is 0.335 e. The predicted molar refractivity (Wildman–Crippen MR) is 114 cm³/mol. The molecule has 0 radical (unpaired) electrons. The van der Waals surface area contributed by atoms with Gasteiger partial charge in [-0.15, -0.1) is 0 Å². The number of sulfonamides is 1. The van der Waals surface area contributed by atoms with E-state index in [1.807, 2.05) is 29.2 Å². The molecule has 1 amide bonds. The van der Waals surface area contributed by atoms with Crippen molar-refractivity contribution in [1.82, 2.24) is 9.21 Å². The first-order valence-electron chi connectivity index (χ1n) is 8.98. The van der Waals surface area contributed by atoms with Gasteiger partial charge in [-0.1, -0.05) is 29.8 Å². The molecule has 2 aromatic carbocycles. The summed E-state index contributed by atoms with van der Waals surface area (Å²) in [5.41, 5.74) is 1.38. The minimum Gasteiger partial charge on any atom is -0.335 e. The van der Waals surface area contributed by atoms with Gasteiger partial charge in [-0.2, -0.15) is 0 Å². The van der Waals surface area contributed by atoms with Gasteiger partial charge in [-0.25, -0.2) is 12.7 Å². The summed E-state index contributed by atoms with van der Waals surface area (Å²) in [5, 5.41) is 0.699. The molecule has 1 unspecified atom stereocenters. The first-order valence-corrected chi connectivity index (χ1v) is 11.6. The summed E-state index contributed by atoms with van der Waals surface area (Å²) in [4.78, 5) is 15.1. The minimum absolute atomic E-state index is 0.0463. The zero-order valence-electron chi connectivity index (χ0n) is 15.7. The fourth-order valence-corrected chi connectivity index (χ4v) is 5.49. The SMILES string of the molecule is CN(C)S(=O)(=O)c1cc(C(=O)N2CCCC2Cc2ccccc2Cl)ccc1Br. The molecule has 1 fully saturated rings. The number of rotatable bonds is 5. The summed E-state index contributed by atoms with van der Waals surface area (Å²) in [7, 11) is -0.719. The Morgan fingerprint density at radius 1 is 1.25 bits per heavy atom. The highest BCUT2D eigenvalue weighted by Gasteiger charge is 2.31. The van der Waals surface area contributed by atoms with Gasteiger partial charge in [0, 0.05) is 41.7 Å². The Kier molecular flexibility index (Phi) is 6.49. The molecule has 5 nitrogen and oxygen atoms in total. The molecule has 1 aliphatic heterocycles. The van der Waals surface area contributed by atoms with Crippen molar-refractivity contribution in [3.63, 3.8) is 0 Å². The van der Waals surface area contributed by atoms with Crippen molar-refractivity contribution in [3.8, 4) is 0 Å². The van der Waals surface area contributed by atoms with E-state index in [1.165, 1.54) is 20.2 Å². The highest BCUT2D eigenvalue weighted by atomic mass is 79.9. The molecule has 150 valence electrons. The van der Waals surface area contributed by atoms with Crippen LogP contribution in [0, 0.1) is 0 Å². The van der Waals surface area contributed by atoms with E-state index < -0.39 is 10.0 Å². The molecule has 3 rings (SSSR count). The zero-order chi connectivity index (χ0) is 20.5. The number of hydrogen-bond donors (Lipinski definition) is 0. The number of amides is 1. The van der Waals surface area contributed by atoms with Gasteiger partial charge in [0.05, 0.1) is 4.90 Å². The average molecular weight is 486 g/mol. The van der Waals surface area contributed by atoms with E-state index in [-0.39, 0.29) is 16.8 Å². The maximum absolute atomic E-state index is 13.2. The number of hydrogen-bond acceptors (Lipinski definition) is 3. The number of benzene rings is 2. The van der Waals surface area contributed by atoms with Crippen molar-refractivity contribution in [2.75, 3.05) is 20.6 Å². The minimum atomic E-state index is -3.66. The molecule has 0 aromatic heterocycles. The normalized spacial score (nSPS) is 17.3. The lowest BCUT2D eigenvalue weighted by Gasteiger charge is -2.25. The van der Waals surface area contributed by atoms with E-state index in [9.17, 15) is 13.2 Å². The van der Waals surface area contributed by atoms with Crippen molar-refractivity contribution in [1.29, 1.82) is 0 Å². The van der Waals surface area contributed by atoms with Crippen LogP contribution in [0.5, 0.6) is 0 Å². The van der Waals surface area contributed by atoms with Crippen molar-refractivity contribution in [2.24, 2.45) is 0 Å². The molecule has 0 N–H and O–H groups in total. The second kappa shape index (κ2) is 8.53. The topological polar surface area (TPSA) is 57.7 Å². The maximum Gasteiger partial charge on any atom is 0.254 e. The Morgan fingerprint density at radius 2 is 1.96 bits per heavy atom. The molecule has 1 heterocycles.